The number of amides is 4. The minimum Gasteiger partial charge on any atom is -0.482 e. The van der Waals surface area contributed by atoms with Crippen molar-refractivity contribution in [1.82, 2.24) is 20.4 Å². The number of urea groups is 1. The van der Waals surface area contributed by atoms with Crippen molar-refractivity contribution in [2.75, 3.05) is 26.2 Å². The number of carbonyl (C=O) groups excluding carboxylic acids is 3. The Morgan fingerprint density at radius 1 is 1.06 bits per heavy atom. The van der Waals surface area contributed by atoms with Gasteiger partial charge in [-0.2, -0.15) is 0 Å². The maximum absolute atomic E-state index is 12.5. The molecule has 3 heterocycles. The normalized spacial score (nSPS) is 18.5. The number of nitrogens with one attached hydrogen (secondary N) is 2. The lowest BCUT2D eigenvalue weighted by molar-refractivity contribution is -0.135. The highest BCUT2D eigenvalue weighted by Gasteiger charge is 2.33. The Balaban J connectivity index is 1.25. The fraction of sp³-hybridized carbons (Fsp3) is 0.417. The first-order valence-electron chi connectivity index (χ1n) is 11.2. The van der Waals surface area contributed by atoms with Crippen LogP contribution in [-0.4, -0.2) is 59.9 Å². The smallest absolute Gasteiger partial charge is 0.322 e. The molecule has 0 aliphatic carbocycles. The Kier molecular flexibility index (Phi) is 6.97. The van der Waals surface area contributed by atoms with E-state index in [4.69, 9.17) is 9.15 Å². The number of hydrogen-bond acceptors (Lipinski definition) is 7. The first-order chi connectivity index (χ1) is 16.3. The van der Waals surface area contributed by atoms with Crippen LogP contribution in [0, 0.1) is 13.8 Å². The van der Waals surface area contributed by atoms with Gasteiger partial charge >= 0.3 is 6.03 Å². The van der Waals surface area contributed by atoms with Gasteiger partial charge < -0.3 is 19.4 Å². The third-order valence-electron chi connectivity index (χ3n) is 5.87. The van der Waals surface area contributed by atoms with Crippen LogP contribution in [0.5, 0.6) is 5.75 Å². The molecule has 34 heavy (non-hydrogen) atoms. The van der Waals surface area contributed by atoms with Gasteiger partial charge in [0.15, 0.2) is 0 Å². The molecule has 1 aromatic heterocycles. The van der Waals surface area contributed by atoms with E-state index in [1.54, 1.807) is 4.90 Å². The van der Waals surface area contributed by atoms with Crippen molar-refractivity contribution >= 4 is 17.8 Å². The Labute approximate surface area is 196 Å². The molecule has 0 bridgehead atoms. The van der Waals surface area contributed by atoms with Gasteiger partial charge in [0.25, 0.3) is 5.91 Å². The molecule has 1 atom stereocenters. The van der Waals surface area contributed by atoms with E-state index in [1.807, 2.05) is 26.0 Å². The molecule has 2 aromatic rings. The highest BCUT2D eigenvalue weighted by atomic mass is 16.5. The highest BCUT2D eigenvalue weighted by Crippen LogP contribution is 2.15. The fourth-order valence-corrected chi connectivity index (χ4v) is 4.22. The molecular formula is C24H28N4O6. The zero-order valence-corrected chi connectivity index (χ0v) is 19.3. The predicted octanol–water partition coefficient (Wildman–Crippen LogP) is 1.08. The Bertz CT molecular complexity index is 1130. The molecule has 0 saturated carbocycles. The quantitative estimate of drug-likeness (QED) is 0.583. The number of hydrogen-bond donors (Lipinski definition) is 2. The molecule has 1 unspecified atom stereocenters. The Morgan fingerprint density at radius 2 is 1.76 bits per heavy atom. The van der Waals surface area contributed by atoms with Gasteiger partial charge in [-0.05, 0) is 19.4 Å². The summed E-state index contributed by atoms with van der Waals surface area (Å²) >= 11 is 0. The van der Waals surface area contributed by atoms with Gasteiger partial charge in [-0.25, -0.2) is 4.79 Å². The highest BCUT2D eigenvalue weighted by molar-refractivity contribution is 6.05. The molecule has 4 rings (SSSR count). The lowest BCUT2D eigenvalue weighted by Crippen LogP contribution is -2.49. The minimum atomic E-state index is -0.817. The van der Waals surface area contributed by atoms with E-state index in [-0.39, 0.29) is 30.1 Å². The van der Waals surface area contributed by atoms with Crippen molar-refractivity contribution in [3.8, 4) is 5.75 Å². The summed E-state index contributed by atoms with van der Waals surface area (Å²) in [6.45, 7) is 6.94. The van der Waals surface area contributed by atoms with Crippen LogP contribution in [0.25, 0.3) is 0 Å². The lowest BCUT2D eigenvalue weighted by Gasteiger charge is -2.34. The molecule has 2 fully saturated rings. The minimum absolute atomic E-state index is 0.0595. The number of ether oxygens (including phenoxy) is 1. The van der Waals surface area contributed by atoms with Gasteiger partial charge in [-0.1, -0.05) is 29.3 Å². The zero-order chi connectivity index (χ0) is 24.2. The van der Waals surface area contributed by atoms with E-state index in [0.29, 0.717) is 38.5 Å². The van der Waals surface area contributed by atoms with Crippen LogP contribution in [0.2, 0.25) is 0 Å². The van der Waals surface area contributed by atoms with E-state index < -0.39 is 18.0 Å². The van der Waals surface area contributed by atoms with Gasteiger partial charge in [0.2, 0.25) is 17.1 Å². The first kappa shape index (κ1) is 23.5. The van der Waals surface area contributed by atoms with Gasteiger partial charge in [-0.3, -0.25) is 24.6 Å². The molecule has 2 N–H and O–H groups in total. The molecule has 10 heteroatoms. The van der Waals surface area contributed by atoms with E-state index in [1.165, 1.54) is 12.3 Å². The van der Waals surface area contributed by atoms with Crippen molar-refractivity contribution in [3.63, 3.8) is 0 Å². The van der Waals surface area contributed by atoms with Gasteiger partial charge in [-0.15, -0.1) is 0 Å². The Morgan fingerprint density at radius 3 is 2.38 bits per heavy atom. The maximum Gasteiger partial charge on any atom is 0.322 e. The SMILES string of the molecule is Cc1cc(C)cc(COc2coc(CN3CCN(C(=O)CC4NC(=O)NC4=O)CC3)cc2=O)c1. The number of nitrogens with zero attached hydrogens (tertiary/aromatic N) is 2. The van der Waals surface area contributed by atoms with Crippen molar-refractivity contribution in [2.45, 2.75) is 39.5 Å². The molecule has 1 aromatic carbocycles. The second kappa shape index (κ2) is 10.1. The molecule has 2 aliphatic heterocycles. The average Bonchev–Trinajstić information content (AvgIpc) is 3.09. The molecule has 0 spiro atoms. The monoisotopic (exact) mass is 468 g/mol. The van der Waals surface area contributed by atoms with Gasteiger partial charge in [0.1, 0.15) is 24.7 Å². The number of benzene rings is 1. The summed E-state index contributed by atoms with van der Waals surface area (Å²) in [5.41, 5.74) is 3.03. The zero-order valence-electron chi connectivity index (χ0n) is 19.3. The number of imide groups is 1. The molecule has 180 valence electrons. The number of aryl methyl sites for hydroxylation is 2. The predicted molar refractivity (Wildman–Crippen MR) is 122 cm³/mol. The van der Waals surface area contributed by atoms with Crippen LogP contribution >= 0.6 is 0 Å². The van der Waals surface area contributed by atoms with Crippen molar-refractivity contribution in [1.29, 1.82) is 0 Å². The summed E-state index contributed by atoms with van der Waals surface area (Å²) in [5.74, 6) is 0.0301. The second-order valence-corrected chi connectivity index (χ2v) is 8.74. The third-order valence-corrected chi connectivity index (χ3v) is 5.87. The van der Waals surface area contributed by atoms with Gasteiger partial charge in [0.05, 0.1) is 13.0 Å². The lowest BCUT2D eigenvalue weighted by atomic mass is 10.1. The van der Waals surface area contributed by atoms with Crippen molar-refractivity contribution in [2.24, 2.45) is 0 Å². The third kappa shape index (κ3) is 5.82. The topological polar surface area (TPSA) is 121 Å². The van der Waals surface area contributed by atoms with E-state index in [9.17, 15) is 19.2 Å². The van der Waals surface area contributed by atoms with Crippen molar-refractivity contribution in [3.05, 3.63) is 63.2 Å². The van der Waals surface area contributed by atoms with Crippen LogP contribution in [0.4, 0.5) is 4.79 Å². The molecule has 4 amide bonds. The molecule has 2 aliphatic rings. The van der Waals surface area contributed by atoms with Crippen LogP contribution in [0.15, 0.2) is 39.7 Å². The summed E-state index contributed by atoms with van der Waals surface area (Å²) in [6.07, 6.45) is 1.29. The number of carbonyl (C=O) groups is 3. The van der Waals surface area contributed by atoms with E-state index in [2.05, 4.69) is 21.6 Å². The average molecular weight is 469 g/mol. The summed E-state index contributed by atoms with van der Waals surface area (Å²) in [6, 6.07) is 6.17. The van der Waals surface area contributed by atoms with E-state index >= 15 is 0 Å². The van der Waals surface area contributed by atoms with E-state index in [0.717, 1.165) is 16.7 Å². The fourth-order valence-electron chi connectivity index (χ4n) is 4.22. The van der Waals surface area contributed by atoms with Crippen LogP contribution in [0.3, 0.4) is 0 Å². The molecule has 2 saturated heterocycles. The summed E-state index contributed by atoms with van der Waals surface area (Å²) in [4.78, 5) is 51.5. The standard InChI is InChI=1S/C24H28N4O6/c1-15-7-16(2)9-17(8-15)13-34-21-14-33-18(10-20(21)29)12-27-3-5-28(6-4-27)22(30)11-19-23(31)26-24(32)25-19/h7-10,14,19H,3-6,11-13H2,1-2H3,(H2,25,26,31,32). The molecule has 0 radical (unpaired) electrons. The van der Waals surface area contributed by atoms with Crippen LogP contribution in [0.1, 0.15) is 28.9 Å². The largest absolute Gasteiger partial charge is 0.482 e. The summed E-state index contributed by atoms with van der Waals surface area (Å²) < 4.78 is 11.3. The van der Waals surface area contributed by atoms with Crippen LogP contribution in [-0.2, 0) is 22.7 Å². The van der Waals surface area contributed by atoms with Gasteiger partial charge in [0, 0.05) is 32.2 Å². The van der Waals surface area contributed by atoms with Crippen LogP contribution < -0.4 is 20.8 Å². The second-order valence-electron chi connectivity index (χ2n) is 8.74. The number of rotatable bonds is 7. The molecule has 10 nitrogen and oxygen atoms in total. The Hall–Kier alpha value is -3.66. The maximum atomic E-state index is 12.5. The summed E-state index contributed by atoms with van der Waals surface area (Å²) in [7, 11) is 0. The number of piperazine rings is 1. The molecular weight excluding hydrogens is 440 g/mol. The first-order valence-corrected chi connectivity index (χ1v) is 11.2. The summed E-state index contributed by atoms with van der Waals surface area (Å²) in [5, 5.41) is 4.56. The van der Waals surface area contributed by atoms with Crippen molar-refractivity contribution < 1.29 is 23.5 Å².